The molecule has 1 heterocycles. The quantitative estimate of drug-likeness (QED) is 0.846. The summed E-state index contributed by atoms with van der Waals surface area (Å²) in [6, 6.07) is 1.18. The highest BCUT2D eigenvalue weighted by Crippen LogP contribution is 2.42. The van der Waals surface area contributed by atoms with E-state index in [2.05, 4.69) is 39.5 Å². The number of ether oxygens (including phenoxy) is 1. The number of hydrogen-bond donors (Lipinski definition) is 1. The van der Waals surface area contributed by atoms with Crippen LogP contribution < -0.4 is 5.73 Å². The molecule has 20 heavy (non-hydrogen) atoms. The number of nitrogens with two attached hydrogens (primary N) is 1. The smallest absolute Gasteiger partial charge is 0.0674 e. The molecule has 1 aliphatic carbocycles. The molecule has 2 aliphatic rings. The molecule has 0 aromatic heterocycles. The van der Waals surface area contributed by atoms with Gasteiger partial charge < -0.3 is 10.5 Å². The standard InChI is InChI=1S/C17H34N2O/c1-12-11-20-13(2)10-19(12)16-8-15(17(3,4)5)7-6-14(16)9-18/h12-16H,6-11,18H2,1-5H3. The minimum atomic E-state index is 0.361. The lowest BCUT2D eigenvalue weighted by atomic mass is 9.67. The summed E-state index contributed by atoms with van der Waals surface area (Å²) in [4.78, 5) is 2.70. The predicted octanol–water partition coefficient (Wildman–Crippen LogP) is 2.89. The van der Waals surface area contributed by atoms with E-state index in [0.29, 0.717) is 29.5 Å². The summed E-state index contributed by atoms with van der Waals surface area (Å²) in [5.74, 6) is 1.49. The Balaban J connectivity index is 2.12. The highest BCUT2D eigenvalue weighted by molar-refractivity contribution is 4.94. The van der Waals surface area contributed by atoms with Gasteiger partial charge in [0.25, 0.3) is 0 Å². The van der Waals surface area contributed by atoms with E-state index in [1.54, 1.807) is 0 Å². The Hall–Kier alpha value is -0.120. The molecule has 1 saturated heterocycles. The molecule has 0 radical (unpaired) electrons. The molecule has 0 spiro atoms. The molecule has 118 valence electrons. The SMILES string of the molecule is CC1CN(C2CC(C(C)(C)C)CCC2CN)C(C)CO1. The van der Waals surface area contributed by atoms with Crippen LogP contribution >= 0.6 is 0 Å². The minimum absolute atomic E-state index is 0.361. The molecule has 1 saturated carbocycles. The third-order valence-electron chi connectivity index (χ3n) is 5.57. The first-order valence-electron chi connectivity index (χ1n) is 8.40. The molecule has 0 bridgehead atoms. The van der Waals surface area contributed by atoms with Gasteiger partial charge in [-0.05, 0) is 56.9 Å². The van der Waals surface area contributed by atoms with E-state index < -0.39 is 0 Å². The molecule has 5 unspecified atom stereocenters. The van der Waals surface area contributed by atoms with Crippen molar-refractivity contribution in [1.29, 1.82) is 0 Å². The maximum absolute atomic E-state index is 6.08. The van der Waals surface area contributed by atoms with Crippen molar-refractivity contribution in [1.82, 2.24) is 4.90 Å². The van der Waals surface area contributed by atoms with Crippen LogP contribution in [0.5, 0.6) is 0 Å². The van der Waals surface area contributed by atoms with Gasteiger partial charge >= 0.3 is 0 Å². The van der Waals surface area contributed by atoms with Crippen LogP contribution in [0.15, 0.2) is 0 Å². The fourth-order valence-electron chi connectivity index (χ4n) is 4.07. The first-order valence-corrected chi connectivity index (χ1v) is 8.40. The number of nitrogens with zero attached hydrogens (tertiary/aromatic N) is 1. The van der Waals surface area contributed by atoms with E-state index in [4.69, 9.17) is 10.5 Å². The van der Waals surface area contributed by atoms with Gasteiger partial charge in [0.05, 0.1) is 12.7 Å². The minimum Gasteiger partial charge on any atom is -0.376 e. The number of rotatable bonds is 2. The Bertz CT molecular complexity index is 313. The lowest BCUT2D eigenvalue weighted by molar-refractivity contribution is -0.0886. The summed E-state index contributed by atoms with van der Waals surface area (Å²) in [7, 11) is 0. The summed E-state index contributed by atoms with van der Waals surface area (Å²) in [6.07, 6.45) is 4.31. The number of hydrogen-bond acceptors (Lipinski definition) is 3. The van der Waals surface area contributed by atoms with E-state index in [9.17, 15) is 0 Å². The zero-order valence-electron chi connectivity index (χ0n) is 14.1. The van der Waals surface area contributed by atoms with Crippen LogP contribution in [0.25, 0.3) is 0 Å². The van der Waals surface area contributed by atoms with Gasteiger partial charge in [0, 0.05) is 18.6 Å². The van der Waals surface area contributed by atoms with Crippen LogP contribution in [0.4, 0.5) is 0 Å². The fourth-order valence-corrected chi connectivity index (χ4v) is 4.07. The molecule has 0 aromatic carbocycles. The Labute approximate surface area is 125 Å². The molecule has 1 aliphatic heterocycles. The fraction of sp³-hybridized carbons (Fsp3) is 1.00. The zero-order chi connectivity index (χ0) is 14.9. The summed E-state index contributed by atoms with van der Waals surface area (Å²) in [6.45, 7) is 14.4. The van der Waals surface area contributed by atoms with Gasteiger partial charge in [0.2, 0.25) is 0 Å². The van der Waals surface area contributed by atoms with Gasteiger partial charge in [-0.1, -0.05) is 20.8 Å². The molecule has 0 aromatic rings. The van der Waals surface area contributed by atoms with Gasteiger partial charge in [0.1, 0.15) is 0 Å². The lowest BCUT2D eigenvalue weighted by Crippen LogP contribution is -2.57. The summed E-state index contributed by atoms with van der Waals surface area (Å²) < 4.78 is 5.80. The summed E-state index contributed by atoms with van der Waals surface area (Å²) in [5, 5.41) is 0. The number of morpholine rings is 1. The molecule has 2 rings (SSSR count). The molecule has 5 atom stereocenters. The van der Waals surface area contributed by atoms with E-state index >= 15 is 0 Å². The zero-order valence-corrected chi connectivity index (χ0v) is 14.1. The average Bonchev–Trinajstić information content (AvgIpc) is 2.40. The first kappa shape index (κ1) is 16.3. The Morgan fingerprint density at radius 3 is 2.50 bits per heavy atom. The first-order chi connectivity index (χ1) is 9.32. The third-order valence-corrected chi connectivity index (χ3v) is 5.57. The lowest BCUT2D eigenvalue weighted by Gasteiger charge is -2.50. The van der Waals surface area contributed by atoms with Gasteiger partial charge in [-0.2, -0.15) is 0 Å². The predicted molar refractivity (Wildman–Crippen MR) is 84.7 cm³/mol. The highest BCUT2D eigenvalue weighted by Gasteiger charge is 2.40. The monoisotopic (exact) mass is 282 g/mol. The second-order valence-electron chi connectivity index (χ2n) is 8.13. The second-order valence-corrected chi connectivity index (χ2v) is 8.13. The van der Waals surface area contributed by atoms with Gasteiger partial charge in [-0.25, -0.2) is 0 Å². The highest BCUT2D eigenvalue weighted by atomic mass is 16.5. The summed E-state index contributed by atoms with van der Waals surface area (Å²) >= 11 is 0. The maximum atomic E-state index is 6.08. The van der Waals surface area contributed by atoms with Crippen molar-refractivity contribution in [3.05, 3.63) is 0 Å². The van der Waals surface area contributed by atoms with Crippen LogP contribution in [0, 0.1) is 17.3 Å². The van der Waals surface area contributed by atoms with Crippen molar-refractivity contribution in [2.45, 2.75) is 72.1 Å². The second kappa shape index (κ2) is 6.33. The van der Waals surface area contributed by atoms with Crippen LogP contribution in [-0.4, -0.2) is 42.8 Å². The van der Waals surface area contributed by atoms with Crippen LogP contribution in [0.1, 0.15) is 53.9 Å². The molecule has 2 N–H and O–H groups in total. The molecular weight excluding hydrogens is 248 g/mol. The van der Waals surface area contributed by atoms with Crippen molar-refractivity contribution in [3.63, 3.8) is 0 Å². The third kappa shape index (κ3) is 3.55. The molecule has 0 amide bonds. The topological polar surface area (TPSA) is 38.5 Å². The largest absolute Gasteiger partial charge is 0.376 e. The van der Waals surface area contributed by atoms with Crippen molar-refractivity contribution in [3.8, 4) is 0 Å². The Morgan fingerprint density at radius 1 is 1.20 bits per heavy atom. The van der Waals surface area contributed by atoms with E-state index in [-0.39, 0.29) is 0 Å². The van der Waals surface area contributed by atoms with Crippen LogP contribution in [-0.2, 0) is 4.74 Å². The molecule has 2 fully saturated rings. The molecule has 3 heteroatoms. The van der Waals surface area contributed by atoms with Gasteiger partial charge in [-0.15, -0.1) is 0 Å². The van der Waals surface area contributed by atoms with Gasteiger partial charge in [0.15, 0.2) is 0 Å². The van der Waals surface area contributed by atoms with Crippen molar-refractivity contribution in [2.75, 3.05) is 19.7 Å². The maximum Gasteiger partial charge on any atom is 0.0674 e. The molecular formula is C17H34N2O. The summed E-state index contributed by atoms with van der Waals surface area (Å²) in [5.41, 5.74) is 6.49. The van der Waals surface area contributed by atoms with E-state index in [1.807, 2.05) is 0 Å². The van der Waals surface area contributed by atoms with Crippen LogP contribution in [0.3, 0.4) is 0 Å². The van der Waals surface area contributed by atoms with Crippen molar-refractivity contribution >= 4 is 0 Å². The molecule has 3 nitrogen and oxygen atoms in total. The van der Waals surface area contributed by atoms with E-state index in [0.717, 1.165) is 25.6 Å². The van der Waals surface area contributed by atoms with E-state index in [1.165, 1.54) is 19.3 Å². The van der Waals surface area contributed by atoms with Crippen LogP contribution in [0.2, 0.25) is 0 Å². The Kier molecular flexibility index (Phi) is 5.14. The normalized spacial score (nSPS) is 40.8. The van der Waals surface area contributed by atoms with Crippen molar-refractivity contribution < 1.29 is 4.74 Å². The van der Waals surface area contributed by atoms with Gasteiger partial charge in [-0.3, -0.25) is 4.90 Å². The Morgan fingerprint density at radius 2 is 1.90 bits per heavy atom. The average molecular weight is 282 g/mol. The van der Waals surface area contributed by atoms with Crippen molar-refractivity contribution in [2.24, 2.45) is 23.0 Å².